The Labute approximate surface area is 96.6 Å². The van der Waals surface area contributed by atoms with E-state index in [2.05, 4.69) is 15.9 Å². The predicted octanol–water partition coefficient (Wildman–Crippen LogP) is 1.21. The lowest BCUT2D eigenvalue weighted by molar-refractivity contribution is 0.00731. The minimum Gasteiger partial charge on any atom is -0.380 e. The van der Waals surface area contributed by atoms with E-state index in [9.17, 15) is 8.42 Å². The normalized spacial score (nSPS) is 17.5. The zero-order valence-corrected chi connectivity index (χ0v) is 10.2. The van der Waals surface area contributed by atoms with Gasteiger partial charge in [-0.15, -0.1) is 0 Å². The molecule has 0 amide bonds. The first-order chi connectivity index (χ1) is 6.98. The van der Waals surface area contributed by atoms with Crippen LogP contribution in [-0.4, -0.2) is 21.6 Å². The molecule has 0 saturated carbocycles. The number of sulfonamides is 1. The van der Waals surface area contributed by atoms with Crippen molar-refractivity contribution in [3.8, 4) is 0 Å². The summed E-state index contributed by atoms with van der Waals surface area (Å²) in [7, 11) is -3.65. The lowest BCUT2D eigenvalue weighted by atomic mass is 9.98. The number of hydrogen-bond donors (Lipinski definition) is 1. The topological polar surface area (TPSA) is 69.4 Å². The molecular weight excluding hydrogens is 282 g/mol. The second kappa shape index (κ2) is 3.86. The summed E-state index contributed by atoms with van der Waals surface area (Å²) < 4.78 is 28.6. The molecule has 2 N–H and O–H groups in total. The van der Waals surface area contributed by atoms with Crippen molar-refractivity contribution in [2.45, 2.75) is 10.8 Å². The van der Waals surface area contributed by atoms with Gasteiger partial charge < -0.3 is 4.74 Å². The fourth-order valence-corrected chi connectivity index (χ4v) is 2.70. The van der Waals surface area contributed by atoms with Crippen LogP contribution in [0, 0.1) is 0 Å². The molecule has 0 aliphatic carbocycles. The molecule has 0 aromatic heterocycles. The highest BCUT2D eigenvalue weighted by Gasteiger charge is 2.26. The highest BCUT2D eigenvalue weighted by molar-refractivity contribution is 9.10. The second-order valence-electron chi connectivity index (χ2n) is 3.46. The number of halogens is 1. The Balaban J connectivity index is 2.53. The summed E-state index contributed by atoms with van der Waals surface area (Å²) in [6.07, 6.45) is 0. The van der Waals surface area contributed by atoms with E-state index in [4.69, 9.17) is 9.88 Å². The molecule has 1 aliphatic rings. The third-order valence-corrected chi connectivity index (χ3v) is 3.83. The van der Waals surface area contributed by atoms with Gasteiger partial charge in [0.05, 0.1) is 18.1 Å². The molecule has 0 bridgehead atoms. The average molecular weight is 292 g/mol. The molecule has 1 aromatic carbocycles. The highest BCUT2D eigenvalue weighted by atomic mass is 79.9. The summed E-state index contributed by atoms with van der Waals surface area (Å²) in [5.41, 5.74) is 0.734. The molecule has 0 spiro atoms. The van der Waals surface area contributed by atoms with Crippen molar-refractivity contribution < 1.29 is 13.2 Å². The van der Waals surface area contributed by atoms with Gasteiger partial charge in [0.2, 0.25) is 10.0 Å². The molecule has 1 aliphatic heterocycles. The molecule has 1 aromatic rings. The van der Waals surface area contributed by atoms with Gasteiger partial charge in [-0.3, -0.25) is 0 Å². The van der Waals surface area contributed by atoms with Crippen molar-refractivity contribution in [3.63, 3.8) is 0 Å². The van der Waals surface area contributed by atoms with E-state index in [1.807, 2.05) is 0 Å². The van der Waals surface area contributed by atoms with Crippen molar-refractivity contribution in [1.82, 2.24) is 0 Å². The van der Waals surface area contributed by atoms with Crippen LogP contribution in [0.3, 0.4) is 0 Å². The Kier molecular flexibility index (Phi) is 2.85. The van der Waals surface area contributed by atoms with Crippen molar-refractivity contribution in [1.29, 1.82) is 0 Å². The van der Waals surface area contributed by atoms with Crippen LogP contribution in [0.25, 0.3) is 0 Å². The number of primary sulfonamides is 1. The van der Waals surface area contributed by atoms with E-state index >= 15 is 0 Å². The molecule has 2 rings (SSSR count). The summed E-state index contributed by atoms with van der Waals surface area (Å²) in [5, 5.41) is 5.14. The number of rotatable bonds is 2. The van der Waals surface area contributed by atoms with E-state index < -0.39 is 10.0 Å². The molecule has 4 nitrogen and oxygen atoms in total. The molecule has 0 atom stereocenters. The first-order valence-electron chi connectivity index (χ1n) is 4.38. The Morgan fingerprint density at radius 2 is 2.07 bits per heavy atom. The fourth-order valence-electron chi connectivity index (χ4n) is 1.51. The average Bonchev–Trinajstić information content (AvgIpc) is 1.98. The van der Waals surface area contributed by atoms with Crippen molar-refractivity contribution in [3.05, 3.63) is 28.2 Å². The molecule has 1 heterocycles. The molecule has 82 valence electrons. The van der Waals surface area contributed by atoms with Gasteiger partial charge in [-0.05, 0) is 23.8 Å². The van der Waals surface area contributed by atoms with Gasteiger partial charge >= 0.3 is 0 Å². The van der Waals surface area contributed by atoms with Crippen molar-refractivity contribution in [2.24, 2.45) is 5.14 Å². The number of hydrogen-bond acceptors (Lipinski definition) is 3. The fraction of sp³-hybridized carbons (Fsp3) is 0.333. The second-order valence-corrected chi connectivity index (χ2v) is 5.91. The largest absolute Gasteiger partial charge is 0.380 e. The van der Waals surface area contributed by atoms with Crippen LogP contribution in [-0.2, 0) is 14.8 Å². The Hall–Kier alpha value is -0.430. The minimum absolute atomic E-state index is 0.135. The van der Waals surface area contributed by atoms with Gasteiger partial charge in [0.25, 0.3) is 0 Å². The minimum atomic E-state index is -3.65. The van der Waals surface area contributed by atoms with Crippen molar-refractivity contribution in [2.75, 3.05) is 13.2 Å². The van der Waals surface area contributed by atoms with Gasteiger partial charge in [-0.2, -0.15) is 0 Å². The van der Waals surface area contributed by atoms with E-state index in [0.717, 1.165) is 10.0 Å². The lowest BCUT2D eigenvalue weighted by Crippen LogP contribution is -2.28. The molecular formula is C9H10BrNO3S. The Morgan fingerprint density at radius 1 is 1.40 bits per heavy atom. The van der Waals surface area contributed by atoms with Gasteiger partial charge in [-0.25, -0.2) is 13.6 Å². The van der Waals surface area contributed by atoms with Crippen LogP contribution in [0.2, 0.25) is 0 Å². The quantitative estimate of drug-likeness (QED) is 0.890. The summed E-state index contributed by atoms with van der Waals surface area (Å²) in [5.74, 6) is 0.135. The third-order valence-electron chi connectivity index (χ3n) is 2.36. The van der Waals surface area contributed by atoms with Gasteiger partial charge in [0, 0.05) is 10.4 Å². The maximum Gasteiger partial charge on any atom is 0.238 e. The highest BCUT2D eigenvalue weighted by Crippen LogP contribution is 2.31. The van der Waals surface area contributed by atoms with Crippen LogP contribution < -0.4 is 5.14 Å². The molecule has 0 unspecified atom stereocenters. The maximum absolute atomic E-state index is 11.3. The summed E-state index contributed by atoms with van der Waals surface area (Å²) in [6.45, 7) is 1.11. The summed E-state index contributed by atoms with van der Waals surface area (Å²) >= 11 is 3.31. The molecule has 15 heavy (non-hydrogen) atoms. The predicted molar refractivity (Wildman–Crippen MR) is 59.1 cm³/mol. The zero-order valence-electron chi connectivity index (χ0n) is 7.81. The monoisotopic (exact) mass is 291 g/mol. The molecule has 0 radical (unpaired) electrons. The Bertz CT molecular complexity index is 482. The van der Waals surface area contributed by atoms with Gasteiger partial charge in [-0.1, -0.05) is 15.9 Å². The van der Waals surface area contributed by atoms with E-state index in [1.165, 1.54) is 6.07 Å². The maximum atomic E-state index is 11.3. The first-order valence-corrected chi connectivity index (χ1v) is 6.72. The van der Waals surface area contributed by atoms with Crippen LogP contribution in [0.4, 0.5) is 0 Å². The third kappa shape index (κ3) is 2.23. The summed E-state index contributed by atoms with van der Waals surface area (Å²) in [4.78, 5) is 0.194. The van der Waals surface area contributed by atoms with Crippen LogP contribution in [0.15, 0.2) is 27.6 Å². The van der Waals surface area contributed by atoms with Crippen LogP contribution >= 0.6 is 15.9 Å². The number of ether oxygens (including phenoxy) is 1. The smallest absolute Gasteiger partial charge is 0.238 e. The van der Waals surface area contributed by atoms with Crippen LogP contribution in [0.1, 0.15) is 11.5 Å². The van der Waals surface area contributed by atoms with Crippen molar-refractivity contribution >= 4 is 26.0 Å². The number of benzene rings is 1. The van der Waals surface area contributed by atoms with E-state index in [1.54, 1.807) is 12.1 Å². The number of nitrogens with two attached hydrogens (primary N) is 1. The molecule has 1 fully saturated rings. The Morgan fingerprint density at radius 3 is 2.53 bits per heavy atom. The summed E-state index contributed by atoms with van der Waals surface area (Å²) in [6, 6.07) is 4.97. The SMILES string of the molecule is NS(=O)(=O)c1ccc(Br)cc1C1COC1. The molecule has 1 saturated heterocycles. The standard InChI is InChI=1S/C9H10BrNO3S/c10-7-1-2-9(15(11,12)13)8(3-7)6-4-14-5-6/h1-3,6H,4-5H2,(H2,11,12,13). The first kappa shape index (κ1) is 11.1. The van der Waals surface area contributed by atoms with Gasteiger partial charge in [0.1, 0.15) is 0 Å². The van der Waals surface area contributed by atoms with Crippen LogP contribution in [0.5, 0.6) is 0 Å². The lowest BCUT2D eigenvalue weighted by Gasteiger charge is -2.27. The van der Waals surface area contributed by atoms with E-state index in [0.29, 0.717) is 13.2 Å². The zero-order chi connectivity index (χ0) is 11.1. The van der Waals surface area contributed by atoms with E-state index in [-0.39, 0.29) is 10.8 Å². The molecule has 6 heteroatoms. The van der Waals surface area contributed by atoms with Gasteiger partial charge in [0.15, 0.2) is 0 Å².